The van der Waals surface area contributed by atoms with Crippen molar-refractivity contribution in [2.24, 2.45) is 5.92 Å². The van der Waals surface area contributed by atoms with Crippen LogP contribution in [0.4, 0.5) is 0 Å². The summed E-state index contributed by atoms with van der Waals surface area (Å²) >= 11 is 6.40. The highest BCUT2D eigenvalue weighted by atomic mass is 35.5. The minimum Gasteiger partial charge on any atom is -0.484 e. The molecule has 210 valence electrons. The average molecular weight is 554 g/mol. The van der Waals surface area contributed by atoms with Gasteiger partial charge >= 0.3 is 0 Å². The number of amides is 2. The van der Waals surface area contributed by atoms with Crippen LogP contribution in [-0.2, 0) is 27.4 Å². The third-order valence-corrected chi connectivity index (χ3v) is 6.59. The van der Waals surface area contributed by atoms with Gasteiger partial charge in [-0.1, -0.05) is 61.8 Å². The van der Waals surface area contributed by atoms with Crippen LogP contribution in [0.5, 0.6) is 5.75 Å². The van der Waals surface area contributed by atoms with Crippen LogP contribution < -0.4 is 4.74 Å². The number of para-hydroxylation sites is 1. The molecule has 0 fully saturated rings. The zero-order chi connectivity index (χ0) is 28.0. The summed E-state index contributed by atoms with van der Waals surface area (Å²) in [4.78, 5) is 30.2. The minimum absolute atomic E-state index is 0.0128. The first-order valence-corrected chi connectivity index (χ1v) is 13.9. The highest BCUT2D eigenvalue weighted by Gasteiger charge is 2.23. The van der Waals surface area contributed by atoms with Gasteiger partial charge in [0.25, 0.3) is 5.91 Å². The van der Waals surface area contributed by atoms with E-state index in [1.807, 2.05) is 72.6 Å². The van der Waals surface area contributed by atoms with E-state index in [0.717, 1.165) is 11.3 Å². The fraction of sp³-hybridized carbons (Fsp3) is 0.419. The monoisotopic (exact) mass is 553 g/mol. The van der Waals surface area contributed by atoms with Gasteiger partial charge in [-0.05, 0) is 55.2 Å². The number of aromatic nitrogens is 1. The topological polar surface area (TPSA) is 64.0 Å². The SMILES string of the molecule is CCOCCCN(CC(=O)N(Cc1cccn1Cc1ccccc1Cl)CC(C)C)C(=O)COc1ccccc1. The number of ether oxygens (including phenoxy) is 2. The van der Waals surface area contributed by atoms with E-state index in [-0.39, 0.29) is 30.9 Å². The largest absolute Gasteiger partial charge is 0.484 e. The Hall–Kier alpha value is -3.29. The Labute approximate surface area is 237 Å². The van der Waals surface area contributed by atoms with Crippen molar-refractivity contribution in [2.45, 2.75) is 40.3 Å². The summed E-state index contributed by atoms with van der Waals surface area (Å²) in [7, 11) is 0. The molecule has 0 spiro atoms. The lowest BCUT2D eigenvalue weighted by Gasteiger charge is -2.29. The fourth-order valence-electron chi connectivity index (χ4n) is 4.26. The maximum Gasteiger partial charge on any atom is 0.260 e. The van der Waals surface area contributed by atoms with Crippen LogP contribution >= 0.6 is 11.6 Å². The third-order valence-electron chi connectivity index (χ3n) is 6.22. The Morgan fingerprint density at radius 1 is 0.949 bits per heavy atom. The van der Waals surface area contributed by atoms with Crippen molar-refractivity contribution in [3.63, 3.8) is 0 Å². The normalized spacial score (nSPS) is 11.0. The molecule has 2 aromatic carbocycles. The molecule has 0 aliphatic rings. The molecule has 2 amide bonds. The van der Waals surface area contributed by atoms with E-state index in [4.69, 9.17) is 21.1 Å². The molecule has 0 N–H and O–H groups in total. The van der Waals surface area contributed by atoms with Gasteiger partial charge in [0.05, 0.1) is 13.1 Å². The number of carbonyl (C=O) groups excluding carboxylic acids is 2. The third kappa shape index (κ3) is 10.1. The maximum atomic E-state index is 13.6. The summed E-state index contributed by atoms with van der Waals surface area (Å²) in [6.45, 7) is 9.16. The minimum atomic E-state index is -0.227. The molecule has 8 heteroatoms. The van der Waals surface area contributed by atoms with E-state index in [1.165, 1.54) is 0 Å². The highest BCUT2D eigenvalue weighted by Crippen LogP contribution is 2.19. The van der Waals surface area contributed by atoms with Crippen molar-refractivity contribution in [1.82, 2.24) is 14.4 Å². The molecule has 1 heterocycles. The lowest BCUT2D eigenvalue weighted by molar-refractivity contribution is -0.142. The second-order valence-corrected chi connectivity index (χ2v) is 10.3. The molecule has 0 bridgehead atoms. The average Bonchev–Trinajstić information content (AvgIpc) is 3.36. The number of nitrogens with zero attached hydrogens (tertiary/aromatic N) is 3. The Morgan fingerprint density at radius 3 is 2.41 bits per heavy atom. The predicted molar refractivity (Wildman–Crippen MR) is 155 cm³/mol. The number of hydrogen-bond acceptors (Lipinski definition) is 4. The van der Waals surface area contributed by atoms with Crippen molar-refractivity contribution in [1.29, 1.82) is 0 Å². The summed E-state index contributed by atoms with van der Waals surface area (Å²) in [5, 5.41) is 0.714. The van der Waals surface area contributed by atoms with Gasteiger partial charge in [-0.2, -0.15) is 0 Å². The number of benzene rings is 2. The van der Waals surface area contributed by atoms with E-state index in [9.17, 15) is 9.59 Å². The van der Waals surface area contributed by atoms with Crippen LogP contribution in [0.1, 0.15) is 38.4 Å². The zero-order valence-electron chi connectivity index (χ0n) is 23.2. The van der Waals surface area contributed by atoms with Gasteiger partial charge in [0.2, 0.25) is 5.91 Å². The Balaban J connectivity index is 1.70. The molecule has 39 heavy (non-hydrogen) atoms. The van der Waals surface area contributed by atoms with Crippen LogP contribution in [0.25, 0.3) is 0 Å². The second kappa shape index (κ2) is 16.0. The van der Waals surface area contributed by atoms with Crippen LogP contribution in [0, 0.1) is 5.92 Å². The molecular weight excluding hydrogens is 514 g/mol. The van der Waals surface area contributed by atoms with Crippen LogP contribution in [0.3, 0.4) is 0 Å². The smallest absolute Gasteiger partial charge is 0.260 e. The van der Waals surface area contributed by atoms with Gasteiger partial charge in [0.15, 0.2) is 6.61 Å². The first kappa shape index (κ1) is 30.3. The van der Waals surface area contributed by atoms with Crippen LogP contribution in [0.2, 0.25) is 5.02 Å². The van der Waals surface area contributed by atoms with Gasteiger partial charge in [-0.15, -0.1) is 0 Å². The van der Waals surface area contributed by atoms with Crippen LogP contribution in [-0.4, -0.2) is 65.6 Å². The number of halogens is 1. The van der Waals surface area contributed by atoms with Crippen molar-refractivity contribution in [3.8, 4) is 5.75 Å². The molecule has 0 saturated heterocycles. The van der Waals surface area contributed by atoms with E-state index in [0.29, 0.717) is 56.6 Å². The summed E-state index contributed by atoms with van der Waals surface area (Å²) in [6.07, 6.45) is 2.64. The van der Waals surface area contributed by atoms with Gasteiger partial charge in [0.1, 0.15) is 5.75 Å². The quantitative estimate of drug-likeness (QED) is 0.219. The molecule has 0 aliphatic heterocycles. The van der Waals surface area contributed by atoms with Crippen molar-refractivity contribution < 1.29 is 19.1 Å². The summed E-state index contributed by atoms with van der Waals surface area (Å²) in [5.74, 6) is 0.561. The molecule has 3 aromatic rings. The molecule has 7 nitrogen and oxygen atoms in total. The van der Waals surface area contributed by atoms with Gasteiger partial charge < -0.3 is 23.8 Å². The maximum absolute atomic E-state index is 13.6. The summed E-state index contributed by atoms with van der Waals surface area (Å²) < 4.78 is 13.3. The Bertz CT molecular complexity index is 1170. The van der Waals surface area contributed by atoms with Crippen molar-refractivity contribution >= 4 is 23.4 Å². The first-order chi connectivity index (χ1) is 18.9. The van der Waals surface area contributed by atoms with Gasteiger partial charge in [0, 0.05) is 49.8 Å². The van der Waals surface area contributed by atoms with E-state index in [1.54, 1.807) is 17.0 Å². The van der Waals surface area contributed by atoms with Crippen molar-refractivity contribution in [3.05, 3.63) is 89.2 Å². The van der Waals surface area contributed by atoms with E-state index < -0.39 is 0 Å². The summed E-state index contributed by atoms with van der Waals surface area (Å²) in [5.41, 5.74) is 2.02. The molecule has 0 aliphatic carbocycles. The predicted octanol–water partition coefficient (Wildman–Crippen LogP) is 5.51. The standard InChI is InChI=1S/C31H40ClN3O4/c1-4-38-19-11-18-34(31(37)24-39-28-14-6-5-7-15-28)23-30(36)35(20-25(2)3)22-27-13-10-17-33(27)21-26-12-8-9-16-29(26)32/h5-10,12-17,25H,4,11,18-24H2,1-3H3. The molecule has 3 rings (SSSR count). The second-order valence-electron chi connectivity index (χ2n) is 9.85. The number of hydrogen-bond donors (Lipinski definition) is 0. The fourth-order valence-corrected chi connectivity index (χ4v) is 4.45. The summed E-state index contributed by atoms with van der Waals surface area (Å²) in [6, 6.07) is 21.0. The van der Waals surface area contributed by atoms with E-state index >= 15 is 0 Å². The van der Waals surface area contributed by atoms with Gasteiger partial charge in [-0.3, -0.25) is 9.59 Å². The Morgan fingerprint density at radius 2 is 1.69 bits per heavy atom. The lowest BCUT2D eigenvalue weighted by atomic mass is 10.2. The molecule has 0 atom stereocenters. The van der Waals surface area contributed by atoms with Gasteiger partial charge in [-0.25, -0.2) is 0 Å². The molecule has 0 saturated carbocycles. The molecule has 0 radical (unpaired) electrons. The highest BCUT2D eigenvalue weighted by molar-refractivity contribution is 6.31. The lowest BCUT2D eigenvalue weighted by Crippen LogP contribution is -2.45. The Kier molecular flexibility index (Phi) is 12.4. The molecule has 0 unspecified atom stereocenters. The van der Waals surface area contributed by atoms with E-state index in [2.05, 4.69) is 18.4 Å². The van der Waals surface area contributed by atoms with Crippen LogP contribution in [0.15, 0.2) is 72.9 Å². The molecular formula is C31H40ClN3O4. The first-order valence-electron chi connectivity index (χ1n) is 13.6. The van der Waals surface area contributed by atoms with Crippen molar-refractivity contribution in [2.75, 3.05) is 39.5 Å². The molecule has 1 aromatic heterocycles. The zero-order valence-corrected chi connectivity index (χ0v) is 24.0. The number of carbonyl (C=O) groups is 2. The number of rotatable bonds is 16.